The molecule has 2 aromatic rings. The molecule has 0 aliphatic rings. The molecule has 0 unspecified atom stereocenters. The first-order valence-corrected chi connectivity index (χ1v) is 8.06. The third-order valence-electron chi connectivity index (χ3n) is 3.24. The van der Waals surface area contributed by atoms with Crippen LogP contribution < -0.4 is 20.5 Å². The molecule has 5 nitrogen and oxygen atoms in total. The number of benzene rings is 2. The van der Waals surface area contributed by atoms with Gasteiger partial charge in [0.15, 0.2) is 0 Å². The Kier molecular flexibility index (Phi) is 6.58. The summed E-state index contributed by atoms with van der Waals surface area (Å²) < 4.78 is 10.6. The van der Waals surface area contributed by atoms with Gasteiger partial charge in [-0.1, -0.05) is 23.2 Å². The van der Waals surface area contributed by atoms with Crippen molar-refractivity contribution in [2.24, 2.45) is 0 Å². The molecular weight excluding hydrogens is 351 g/mol. The molecule has 0 radical (unpaired) electrons. The number of ether oxygens (including phenoxy) is 2. The summed E-state index contributed by atoms with van der Waals surface area (Å²) >= 11 is 11.9. The van der Waals surface area contributed by atoms with E-state index >= 15 is 0 Å². The fourth-order valence-electron chi connectivity index (χ4n) is 1.97. The van der Waals surface area contributed by atoms with Crippen LogP contribution in [0.15, 0.2) is 36.4 Å². The Labute approximate surface area is 150 Å². The lowest BCUT2D eigenvalue weighted by Gasteiger charge is -2.09. The van der Waals surface area contributed by atoms with Crippen molar-refractivity contribution in [3.8, 4) is 11.5 Å². The van der Waals surface area contributed by atoms with Crippen molar-refractivity contribution in [1.29, 1.82) is 0 Å². The van der Waals surface area contributed by atoms with Crippen LogP contribution in [-0.4, -0.2) is 19.6 Å². The molecule has 0 heterocycles. The monoisotopic (exact) mass is 368 g/mol. The molecule has 3 N–H and O–H groups in total. The van der Waals surface area contributed by atoms with Crippen molar-refractivity contribution in [1.82, 2.24) is 0 Å². The van der Waals surface area contributed by atoms with E-state index in [1.807, 2.05) is 24.3 Å². The third-order valence-corrected chi connectivity index (χ3v) is 3.86. The highest BCUT2D eigenvalue weighted by Crippen LogP contribution is 2.31. The molecule has 0 aliphatic carbocycles. The molecule has 0 atom stereocenters. The predicted molar refractivity (Wildman–Crippen MR) is 97.2 cm³/mol. The van der Waals surface area contributed by atoms with Gasteiger partial charge in [0.05, 0.1) is 29.4 Å². The van der Waals surface area contributed by atoms with E-state index in [4.69, 9.17) is 38.4 Å². The molecule has 2 aromatic carbocycles. The lowest BCUT2D eigenvalue weighted by atomic mass is 10.2. The molecule has 7 heteroatoms. The molecule has 0 spiro atoms. The summed E-state index contributed by atoms with van der Waals surface area (Å²) in [7, 11) is 1.61. The standard InChI is InChI=1S/C17H18Cl2N2O3/c1-23-12-4-6-13(7-5-12)24-8-2-3-16(22)21-11-9-14(18)17(20)15(19)10-11/h4-7,9-10H,2-3,8,20H2,1H3,(H,21,22). The van der Waals surface area contributed by atoms with Gasteiger partial charge in [-0.15, -0.1) is 0 Å². The predicted octanol–water partition coefficient (Wildman–Crippen LogP) is 4.38. The number of nitrogen functional groups attached to an aromatic ring is 1. The molecular formula is C17H18Cl2N2O3. The number of hydrogen-bond acceptors (Lipinski definition) is 4. The molecule has 0 fully saturated rings. The number of methoxy groups -OCH3 is 1. The largest absolute Gasteiger partial charge is 0.497 e. The van der Waals surface area contributed by atoms with Crippen molar-refractivity contribution in [3.63, 3.8) is 0 Å². The van der Waals surface area contributed by atoms with E-state index in [0.29, 0.717) is 40.9 Å². The quantitative estimate of drug-likeness (QED) is 0.561. The number of halogens is 2. The zero-order valence-electron chi connectivity index (χ0n) is 13.1. The molecule has 0 saturated heterocycles. The van der Waals surface area contributed by atoms with Crippen molar-refractivity contribution in [2.75, 3.05) is 24.8 Å². The molecule has 0 saturated carbocycles. The van der Waals surface area contributed by atoms with Crippen LogP contribution in [-0.2, 0) is 4.79 Å². The summed E-state index contributed by atoms with van der Waals surface area (Å²) in [6.45, 7) is 0.434. The van der Waals surface area contributed by atoms with Gasteiger partial charge in [-0.05, 0) is 42.8 Å². The molecule has 0 aliphatic heterocycles. The average molecular weight is 369 g/mol. The van der Waals surface area contributed by atoms with Crippen molar-refractivity contribution >= 4 is 40.5 Å². The topological polar surface area (TPSA) is 73.6 Å². The van der Waals surface area contributed by atoms with E-state index in [1.54, 1.807) is 19.2 Å². The first-order chi connectivity index (χ1) is 11.5. The first kappa shape index (κ1) is 18.2. The van der Waals surface area contributed by atoms with E-state index in [1.165, 1.54) is 0 Å². The lowest BCUT2D eigenvalue weighted by molar-refractivity contribution is -0.116. The summed E-state index contributed by atoms with van der Waals surface area (Å²) in [6.07, 6.45) is 0.893. The Bertz CT molecular complexity index is 682. The van der Waals surface area contributed by atoms with Gasteiger partial charge in [-0.2, -0.15) is 0 Å². The van der Waals surface area contributed by atoms with Crippen LogP contribution in [0.4, 0.5) is 11.4 Å². The number of rotatable bonds is 7. The van der Waals surface area contributed by atoms with Gasteiger partial charge in [0.1, 0.15) is 11.5 Å². The van der Waals surface area contributed by atoms with Crippen molar-refractivity contribution in [3.05, 3.63) is 46.4 Å². The number of hydrogen-bond donors (Lipinski definition) is 2. The van der Waals surface area contributed by atoms with Crippen molar-refractivity contribution in [2.45, 2.75) is 12.8 Å². The molecule has 0 aromatic heterocycles. The normalized spacial score (nSPS) is 10.3. The van der Waals surface area contributed by atoms with E-state index in [9.17, 15) is 4.79 Å². The summed E-state index contributed by atoms with van der Waals surface area (Å²) in [5, 5.41) is 3.34. The van der Waals surface area contributed by atoms with Gasteiger partial charge in [-0.3, -0.25) is 4.79 Å². The molecule has 1 amide bonds. The maximum absolute atomic E-state index is 11.9. The number of carbonyl (C=O) groups excluding carboxylic acids is 1. The summed E-state index contributed by atoms with van der Waals surface area (Å²) in [5.74, 6) is 1.35. The third kappa shape index (κ3) is 5.22. The second-order valence-corrected chi connectivity index (χ2v) is 5.84. The van der Waals surface area contributed by atoms with E-state index in [0.717, 1.165) is 11.5 Å². The Morgan fingerprint density at radius 3 is 2.29 bits per heavy atom. The zero-order chi connectivity index (χ0) is 17.5. The van der Waals surface area contributed by atoms with Crippen LogP contribution >= 0.6 is 23.2 Å². The molecule has 2 rings (SSSR count). The molecule has 128 valence electrons. The van der Waals surface area contributed by atoms with Gasteiger partial charge in [0, 0.05) is 12.1 Å². The Hall–Kier alpha value is -2.11. The highest BCUT2D eigenvalue weighted by Gasteiger charge is 2.08. The van der Waals surface area contributed by atoms with Crippen LogP contribution in [0.1, 0.15) is 12.8 Å². The van der Waals surface area contributed by atoms with Crippen LogP contribution in [0, 0.1) is 0 Å². The van der Waals surface area contributed by atoms with E-state index in [-0.39, 0.29) is 5.91 Å². The average Bonchev–Trinajstić information content (AvgIpc) is 2.57. The lowest BCUT2D eigenvalue weighted by Crippen LogP contribution is -2.13. The second-order valence-electron chi connectivity index (χ2n) is 5.03. The second kappa shape index (κ2) is 8.66. The summed E-state index contributed by atoms with van der Waals surface area (Å²) in [5.41, 5.74) is 6.46. The number of carbonyl (C=O) groups is 1. The van der Waals surface area contributed by atoms with Gasteiger partial charge >= 0.3 is 0 Å². The van der Waals surface area contributed by atoms with Gasteiger partial charge in [0.2, 0.25) is 5.91 Å². The first-order valence-electron chi connectivity index (χ1n) is 7.31. The minimum atomic E-state index is -0.148. The summed E-state index contributed by atoms with van der Waals surface area (Å²) in [6, 6.07) is 10.4. The fourth-order valence-corrected chi connectivity index (χ4v) is 2.46. The van der Waals surface area contributed by atoms with Crippen LogP contribution in [0.2, 0.25) is 10.0 Å². The van der Waals surface area contributed by atoms with Crippen LogP contribution in [0.3, 0.4) is 0 Å². The summed E-state index contributed by atoms with van der Waals surface area (Å²) in [4.78, 5) is 11.9. The number of nitrogens with one attached hydrogen (secondary N) is 1. The van der Waals surface area contributed by atoms with E-state index < -0.39 is 0 Å². The van der Waals surface area contributed by atoms with Crippen LogP contribution in [0.25, 0.3) is 0 Å². The maximum atomic E-state index is 11.9. The van der Waals surface area contributed by atoms with E-state index in [2.05, 4.69) is 5.32 Å². The van der Waals surface area contributed by atoms with Gasteiger partial charge < -0.3 is 20.5 Å². The van der Waals surface area contributed by atoms with Crippen LogP contribution in [0.5, 0.6) is 11.5 Å². The molecule has 24 heavy (non-hydrogen) atoms. The van der Waals surface area contributed by atoms with Gasteiger partial charge in [-0.25, -0.2) is 0 Å². The minimum Gasteiger partial charge on any atom is -0.497 e. The van der Waals surface area contributed by atoms with Crippen molar-refractivity contribution < 1.29 is 14.3 Å². The highest BCUT2D eigenvalue weighted by molar-refractivity contribution is 6.39. The number of amides is 1. The number of nitrogens with two attached hydrogens (primary N) is 1. The van der Waals surface area contributed by atoms with Gasteiger partial charge in [0.25, 0.3) is 0 Å². The fraction of sp³-hybridized carbons (Fsp3) is 0.235. The number of anilines is 2. The Balaban J connectivity index is 1.75. The maximum Gasteiger partial charge on any atom is 0.224 e. The smallest absolute Gasteiger partial charge is 0.224 e. The SMILES string of the molecule is COc1ccc(OCCCC(=O)Nc2cc(Cl)c(N)c(Cl)c2)cc1. The minimum absolute atomic E-state index is 0.148. The zero-order valence-corrected chi connectivity index (χ0v) is 14.7. The molecule has 0 bridgehead atoms. The Morgan fingerprint density at radius 1 is 1.12 bits per heavy atom. The Morgan fingerprint density at radius 2 is 1.71 bits per heavy atom. The highest BCUT2D eigenvalue weighted by atomic mass is 35.5.